The topological polar surface area (TPSA) is 35.3 Å². The first kappa shape index (κ1) is 12.5. The minimum atomic E-state index is 0.378. The third-order valence-electron chi connectivity index (χ3n) is 3.03. The highest BCUT2D eigenvalue weighted by atomic mass is 16.5. The van der Waals surface area contributed by atoms with E-state index >= 15 is 0 Å². The summed E-state index contributed by atoms with van der Waals surface area (Å²) in [6.07, 6.45) is 0. The molecule has 3 nitrogen and oxygen atoms in total. The Bertz CT molecular complexity index is 672. The molecule has 0 saturated heterocycles. The minimum absolute atomic E-state index is 0.378. The van der Waals surface area contributed by atoms with Gasteiger partial charge in [0.15, 0.2) is 5.76 Å². The molecule has 1 aromatic heterocycles. The summed E-state index contributed by atoms with van der Waals surface area (Å²) >= 11 is 0. The van der Waals surface area contributed by atoms with Gasteiger partial charge < -0.3 is 9.26 Å². The van der Waals surface area contributed by atoms with E-state index in [4.69, 9.17) is 9.26 Å². The lowest BCUT2D eigenvalue weighted by Crippen LogP contribution is -1.93. The monoisotopic (exact) mass is 265 g/mol. The summed E-state index contributed by atoms with van der Waals surface area (Å²) in [5.74, 6) is 1.54. The van der Waals surface area contributed by atoms with Crippen molar-refractivity contribution in [2.24, 2.45) is 0 Å². The number of rotatable bonds is 4. The maximum absolute atomic E-state index is 5.66. The van der Waals surface area contributed by atoms with Crippen LogP contribution in [-0.4, -0.2) is 5.16 Å². The predicted molar refractivity (Wildman–Crippen MR) is 77.5 cm³/mol. The van der Waals surface area contributed by atoms with Crippen LogP contribution in [0.3, 0.4) is 0 Å². The highest BCUT2D eigenvalue weighted by Gasteiger charge is 2.06. The Labute approximate surface area is 117 Å². The summed E-state index contributed by atoms with van der Waals surface area (Å²) in [5, 5.41) is 4.06. The number of ether oxygens (including phenoxy) is 1. The molecule has 20 heavy (non-hydrogen) atoms. The Morgan fingerprint density at radius 2 is 1.75 bits per heavy atom. The molecule has 0 aliphatic heterocycles. The van der Waals surface area contributed by atoms with E-state index < -0.39 is 0 Å². The van der Waals surface area contributed by atoms with Crippen molar-refractivity contribution in [2.75, 3.05) is 0 Å². The van der Waals surface area contributed by atoms with Crippen LogP contribution in [0, 0.1) is 6.92 Å². The van der Waals surface area contributed by atoms with Gasteiger partial charge >= 0.3 is 0 Å². The first-order chi connectivity index (χ1) is 9.81. The predicted octanol–water partition coefficient (Wildman–Crippen LogP) is 4.23. The molecule has 1 heterocycles. The van der Waals surface area contributed by atoms with Gasteiger partial charge in [-0.25, -0.2) is 0 Å². The minimum Gasteiger partial charge on any atom is -0.486 e. The van der Waals surface area contributed by atoms with E-state index in [0.717, 1.165) is 17.0 Å². The molecule has 3 heteroatoms. The van der Waals surface area contributed by atoms with Crippen LogP contribution in [-0.2, 0) is 6.61 Å². The molecular weight excluding hydrogens is 250 g/mol. The van der Waals surface area contributed by atoms with Crippen molar-refractivity contribution in [3.8, 4) is 17.0 Å². The van der Waals surface area contributed by atoms with Crippen molar-refractivity contribution < 1.29 is 9.26 Å². The van der Waals surface area contributed by atoms with Gasteiger partial charge in [0.05, 0.1) is 0 Å². The molecule has 0 amide bonds. The molecule has 0 bridgehead atoms. The molecule has 0 aliphatic rings. The van der Waals surface area contributed by atoms with Gasteiger partial charge in [-0.3, -0.25) is 0 Å². The first-order valence-corrected chi connectivity index (χ1v) is 6.52. The number of benzene rings is 2. The smallest absolute Gasteiger partial charge is 0.174 e. The molecule has 0 radical (unpaired) electrons. The second kappa shape index (κ2) is 5.61. The van der Waals surface area contributed by atoms with Gasteiger partial charge in [0.25, 0.3) is 0 Å². The summed E-state index contributed by atoms with van der Waals surface area (Å²) in [6, 6.07) is 19.8. The summed E-state index contributed by atoms with van der Waals surface area (Å²) < 4.78 is 11.0. The van der Waals surface area contributed by atoms with Crippen molar-refractivity contribution >= 4 is 0 Å². The number of hydrogen-bond donors (Lipinski definition) is 0. The average Bonchev–Trinajstić information content (AvgIpc) is 2.97. The fourth-order valence-electron chi connectivity index (χ4n) is 1.91. The van der Waals surface area contributed by atoms with Gasteiger partial charge in [-0.05, 0) is 19.1 Å². The van der Waals surface area contributed by atoms with Crippen LogP contribution in [0.25, 0.3) is 11.3 Å². The lowest BCUT2D eigenvalue weighted by atomic mass is 10.1. The van der Waals surface area contributed by atoms with E-state index in [2.05, 4.69) is 5.16 Å². The van der Waals surface area contributed by atoms with E-state index in [0.29, 0.717) is 12.4 Å². The Kier molecular flexibility index (Phi) is 3.50. The highest BCUT2D eigenvalue weighted by Crippen LogP contribution is 2.20. The number of hydrogen-bond acceptors (Lipinski definition) is 3. The molecule has 3 rings (SSSR count). The van der Waals surface area contributed by atoms with Crippen LogP contribution < -0.4 is 4.74 Å². The number of aryl methyl sites for hydroxylation is 1. The molecule has 0 saturated carbocycles. The zero-order valence-electron chi connectivity index (χ0n) is 11.2. The third-order valence-corrected chi connectivity index (χ3v) is 3.03. The first-order valence-electron chi connectivity index (χ1n) is 6.52. The SMILES string of the molecule is Cc1ccc(OCc2cc(-c3ccccc3)no2)cc1. The Morgan fingerprint density at radius 1 is 1.00 bits per heavy atom. The largest absolute Gasteiger partial charge is 0.486 e. The molecule has 100 valence electrons. The molecule has 0 atom stereocenters. The number of aromatic nitrogens is 1. The fraction of sp³-hybridized carbons (Fsp3) is 0.118. The molecule has 2 aromatic carbocycles. The van der Waals surface area contributed by atoms with Gasteiger partial charge in [0.1, 0.15) is 18.1 Å². The summed E-state index contributed by atoms with van der Waals surface area (Å²) in [6.45, 7) is 2.43. The van der Waals surface area contributed by atoms with Crippen molar-refractivity contribution in [2.45, 2.75) is 13.5 Å². The van der Waals surface area contributed by atoms with E-state index in [9.17, 15) is 0 Å². The summed E-state index contributed by atoms with van der Waals surface area (Å²) in [7, 11) is 0. The van der Waals surface area contributed by atoms with Crippen molar-refractivity contribution in [1.29, 1.82) is 0 Å². The Morgan fingerprint density at radius 3 is 2.50 bits per heavy atom. The van der Waals surface area contributed by atoms with Crippen LogP contribution in [0.15, 0.2) is 65.2 Å². The maximum atomic E-state index is 5.66. The van der Waals surface area contributed by atoms with E-state index in [1.165, 1.54) is 5.56 Å². The van der Waals surface area contributed by atoms with Crippen LogP contribution in [0.5, 0.6) is 5.75 Å². The fourth-order valence-corrected chi connectivity index (χ4v) is 1.91. The lowest BCUT2D eigenvalue weighted by Gasteiger charge is -2.03. The maximum Gasteiger partial charge on any atom is 0.174 e. The lowest BCUT2D eigenvalue weighted by molar-refractivity contribution is 0.249. The van der Waals surface area contributed by atoms with Gasteiger partial charge in [0, 0.05) is 11.6 Å². The molecule has 0 fully saturated rings. The van der Waals surface area contributed by atoms with Gasteiger partial charge in [-0.2, -0.15) is 0 Å². The Balaban J connectivity index is 1.67. The normalized spacial score (nSPS) is 10.4. The van der Waals surface area contributed by atoms with E-state index in [1.54, 1.807) is 0 Å². The quantitative estimate of drug-likeness (QED) is 0.708. The van der Waals surface area contributed by atoms with Crippen LogP contribution >= 0.6 is 0 Å². The molecule has 0 aliphatic carbocycles. The second-order valence-electron chi connectivity index (χ2n) is 4.65. The molecule has 0 spiro atoms. The molecule has 0 unspecified atom stereocenters. The van der Waals surface area contributed by atoms with Crippen LogP contribution in [0.4, 0.5) is 0 Å². The van der Waals surface area contributed by atoms with Gasteiger partial charge in [0.2, 0.25) is 0 Å². The molecule has 0 N–H and O–H groups in total. The zero-order chi connectivity index (χ0) is 13.8. The van der Waals surface area contributed by atoms with Crippen LogP contribution in [0.1, 0.15) is 11.3 Å². The second-order valence-corrected chi connectivity index (χ2v) is 4.65. The van der Waals surface area contributed by atoms with Crippen molar-refractivity contribution in [3.63, 3.8) is 0 Å². The van der Waals surface area contributed by atoms with Gasteiger partial charge in [-0.1, -0.05) is 53.2 Å². The van der Waals surface area contributed by atoms with Gasteiger partial charge in [-0.15, -0.1) is 0 Å². The molecule has 3 aromatic rings. The number of nitrogens with zero attached hydrogens (tertiary/aromatic N) is 1. The highest BCUT2D eigenvalue weighted by molar-refractivity contribution is 5.58. The molecular formula is C17H15NO2. The van der Waals surface area contributed by atoms with Crippen LogP contribution in [0.2, 0.25) is 0 Å². The van der Waals surface area contributed by atoms with E-state index in [-0.39, 0.29) is 0 Å². The van der Waals surface area contributed by atoms with E-state index in [1.807, 2.05) is 67.6 Å². The third kappa shape index (κ3) is 2.88. The van der Waals surface area contributed by atoms with Crippen molar-refractivity contribution in [3.05, 3.63) is 72.0 Å². The summed E-state index contributed by atoms with van der Waals surface area (Å²) in [5.41, 5.74) is 3.08. The standard InChI is InChI=1S/C17H15NO2/c1-13-7-9-15(10-8-13)19-12-16-11-17(18-20-16)14-5-3-2-4-6-14/h2-11H,12H2,1H3. The summed E-state index contributed by atoms with van der Waals surface area (Å²) in [4.78, 5) is 0. The Hall–Kier alpha value is -2.55. The zero-order valence-corrected chi connectivity index (χ0v) is 11.2. The average molecular weight is 265 g/mol. The van der Waals surface area contributed by atoms with Crippen molar-refractivity contribution in [1.82, 2.24) is 5.16 Å².